The fourth-order valence-corrected chi connectivity index (χ4v) is 1.61. The van der Waals surface area contributed by atoms with Gasteiger partial charge in [-0.1, -0.05) is 0 Å². The third kappa shape index (κ3) is 1.64. The number of nitriles is 1. The molecule has 1 saturated heterocycles. The summed E-state index contributed by atoms with van der Waals surface area (Å²) in [6.07, 6.45) is -1.81. The first-order valence-corrected chi connectivity index (χ1v) is 4.15. The molecule has 1 aliphatic heterocycles. The molecule has 4 atom stereocenters. The third-order valence-electron chi connectivity index (χ3n) is 2.25. The SMILES string of the molecule is [B][C@@H]1O[C@](C#N)(COC)C(OC)[C@@H]1O. The van der Waals surface area contributed by atoms with E-state index < -0.39 is 23.8 Å². The zero-order valence-corrected chi connectivity index (χ0v) is 8.14. The van der Waals surface area contributed by atoms with Gasteiger partial charge in [0, 0.05) is 20.2 Å². The number of ether oxygens (including phenoxy) is 3. The van der Waals surface area contributed by atoms with E-state index in [4.69, 9.17) is 27.3 Å². The first-order valence-electron chi connectivity index (χ1n) is 4.15. The van der Waals surface area contributed by atoms with Crippen LogP contribution < -0.4 is 0 Å². The molecule has 1 aliphatic rings. The van der Waals surface area contributed by atoms with E-state index in [1.165, 1.54) is 14.2 Å². The Balaban J connectivity index is 2.91. The second-order valence-electron chi connectivity index (χ2n) is 3.16. The molecule has 0 aromatic carbocycles. The zero-order valence-electron chi connectivity index (χ0n) is 8.14. The van der Waals surface area contributed by atoms with Crippen LogP contribution in [-0.2, 0) is 14.2 Å². The van der Waals surface area contributed by atoms with Crippen LogP contribution in [-0.4, -0.2) is 57.6 Å². The molecule has 5 nitrogen and oxygen atoms in total. The molecule has 0 amide bonds. The Hall–Kier alpha value is -0.605. The van der Waals surface area contributed by atoms with Crippen molar-refractivity contribution in [1.29, 1.82) is 5.26 Å². The quantitative estimate of drug-likeness (QED) is 0.575. The molecule has 1 N–H and O–H groups in total. The van der Waals surface area contributed by atoms with Gasteiger partial charge in [-0.2, -0.15) is 5.26 Å². The highest BCUT2D eigenvalue weighted by Gasteiger charge is 2.54. The van der Waals surface area contributed by atoms with Gasteiger partial charge < -0.3 is 19.3 Å². The Morgan fingerprint density at radius 3 is 2.71 bits per heavy atom. The van der Waals surface area contributed by atoms with Crippen molar-refractivity contribution in [3.63, 3.8) is 0 Å². The van der Waals surface area contributed by atoms with Crippen LogP contribution in [0.1, 0.15) is 0 Å². The third-order valence-corrected chi connectivity index (χ3v) is 2.25. The van der Waals surface area contributed by atoms with E-state index in [2.05, 4.69) is 0 Å². The average molecular weight is 197 g/mol. The number of rotatable bonds is 3. The molecular weight excluding hydrogens is 185 g/mol. The number of hydrogen-bond acceptors (Lipinski definition) is 5. The van der Waals surface area contributed by atoms with E-state index >= 15 is 0 Å². The van der Waals surface area contributed by atoms with E-state index in [0.29, 0.717) is 0 Å². The summed E-state index contributed by atoms with van der Waals surface area (Å²) in [5.74, 6) is 0. The molecule has 1 rings (SSSR count). The van der Waals surface area contributed by atoms with E-state index in [0.717, 1.165) is 0 Å². The largest absolute Gasteiger partial charge is 0.388 e. The summed E-state index contributed by atoms with van der Waals surface area (Å²) < 4.78 is 15.0. The first-order chi connectivity index (χ1) is 6.61. The minimum atomic E-state index is -1.32. The van der Waals surface area contributed by atoms with Gasteiger partial charge in [0.25, 0.3) is 0 Å². The second kappa shape index (κ2) is 4.28. The molecule has 6 heteroatoms. The Morgan fingerprint density at radius 2 is 2.29 bits per heavy atom. The number of methoxy groups -OCH3 is 2. The standard InChI is InChI=1S/C8H12BNO4/c1-12-4-8(3-10)6(13-2)5(11)7(9)14-8/h5-7,11H,4H2,1-2H3/t5-,6?,7+,8+/m0/s1. The van der Waals surface area contributed by atoms with E-state index in [-0.39, 0.29) is 6.61 Å². The van der Waals surface area contributed by atoms with Crippen molar-refractivity contribution in [2.45, 2.75) is 23.8 Å². The van der Waals surface area contributed by atoms with Gasteiger partial charge in [-0.05, 0) is 0 Å². The van der Waals surface area contributed by atoms with Crippen molar-refractivity contribution in [2.75, 3.05) is 20.8 Å². The average Bonchev–Trinajstić information content (AvgIpc) is 2.40. The van der Waals surface area contributed by atoms with Crippen molar-refractivity contribution < 1.29 is 19.3 Å². The lowest BCUT2D eigenvalue weighted by molar-refractivity contribution is -0.0841. The number of aliphatic hydroxyl groups excluding tert-OH is 1. The summed E-state index contributed by atoms with van der Waals surface area (Å²) in [5, 5.41) is 18.6. The predicted molar refractivity (Wildman–Crippen MR) is 47.7 cm³/mol. The minimum Gasteiger partial charge on any atom is -0.388 e. The molecule has 0 spiro atoms. The smallest absolute Gasteiger partial charge is 0.205 e. The van der Waals surface area contributed by atoms with Crippen LogP contribution in [0.3, 0.4) is 0 Å². The summed E-state index contributed by atoms with van der Waals surface area (Å²) in [6, 6.07) is 1.01. The van der Waals surface area contributed by atoms with Gasteiger partial charge in [-0.3, -0.25) is 0 Å². The maximum absolute atomic E-state index is 9.57. The van der Waals surface area contributed by atoms with Gasteiger partial charge in [0.15, 0.2) is 0 Å². The van der Waals surface area contributed by atoms with Gasteiger partial charge in [0.05, 0.1) is 6.61 Å². The molecule has 2 radical (unpaired) electrons. The van der Waals surface area contributed by atoms with E-state index in [1.54, 1.807) is 0 Å². The normalized spacial score (nSPS) is 42.3. The molecule has 0 bridgehead atoms. The summed E-state index contributed by atoms with van der Waals surface area (Å²) >= 11 is 0. The Morgan fingerprint density at radius 1 is 1.64 bits per heavy atom. The Bertz CT molecular complexity index is 244. The van der Waals surface area contributed by atoms with Crippen LogP contribution >= 0.6 is 0 Å². The second-order valence-corrected chi connectivity index (χ2v) is 3.16. The highest BCUT2D eigenvalue weighted by Crippen LogP contribution is 2.31. The fourth-order valence-electron chi connectivity index (χ4n) is 1.61. The maximum atomic E-state index is 9.57. The van der Waals surface area contributed by atoms with Crippen LogP contribution in [0.25, 0.3) is 0 Å². The molecule has 1 heterocycles. The van der Waals surface area contributed by atoms with Crippen molar-refractivity contribution >= 4 is 7.85 Å². The van der Waals surface area contributed by atoms with Gasteiger partial charge in [0.1, 0.15) is 26.1 Å². The maximum Gasteiger partial charge on any atom is 0.205 e. The molecule has 0 aliphatic carbocycles. The molecule has 76 valence electrons. The summed E-state index contributed by atoms with van der Waals surface area (Å²) in [4.78, 5) is 0. The summed E-state index contributed by atoms with van der Waals surface area (Å²) in [6.45, 7) is 0.00671. The van der Waals surface area contributed by atoms with Gasteiger partial charge in [0.2, 0.25) is 5.60 Å². The van der Waals surface area contributed by atoms with Crippen LogP contribution in [0, 0.1) is 11.3 Å². The number of aliphatic hydroxyl groups is 1. The summed E-state index contributed by atoms with van der Waals surface area (Å²) in [7, 11) is 8.29. The Labute approximate surface area is 84.0 Å². The minimum absolute atomic E-state index is 0.00671. The van der Waals surface area contributed by atoms with Crippen LogP contribution in [0.2, 0.25) is 0 Å². The first kappa shape index (κ1) is 11.5. The number of nitrogens with zero attached hydrogens (tertiary/aromatic N) is 1. The van der Waals surface area contributed by atoms with Gasteiger partial charge >= 0.3 is 0 Å². The van der Waals surface area contributed by atoms with Gasteiger partial charge in [-0.15, -0.1) is 0 Å². The van der Waals surface area contributed by atoms with Crippen molar-refractivity contribution in [3.8, 4) is 6.07 Å². The molecule has 1 unspecified atom stereocenters. The van der Waals surface area contributed by atoms with Crippen molar-refractivity contribution in [3.05, 3.63) is 0 Å². The lowest BCUT2D eigenvalue weighted by atomic mass is 9.90. The Kier molecular flexibility index (Phi) is 3.51. The van der Waals surface area contributed by atoms with Crippen molar-refractivity contribution in [1.82, 2.24) is 0 Å². The van der Waals surface area contributed by atoms with Gasteiger partial charge in [-0.25, -0.2) is 0 Å². The monoisotopic (exact) mass is 197 g/mol. The van der Waals surface area contributed by atoms with Crippen LogP contribution in [0.4, 0.5) is 0 Å². The topological polar surface area (TPSA) is 71.7 Å². The predicted octanol–water partition coefficient (Wildman–Crippen LogP) is -1.20. The van der Waals surface area contributed by atoms with E-state index in [9.17, 15) is 5.11 Å². The fraction of sp³-hybridized carbons (Fsp3) is 0.875. The molecule has 1 fully saturated rings. The molecule has 0 aromatic rings. The molecular formula is C8H12BNO4. The van der Waals surface area contributed by atoms with Crippen LogP contribution in [0.5, 0.6) is 0 Å². The van der Waals surface area contributed by atoms with Crippen LogP contribution in [0.15, 0.2) is 0 Å². The molecule has 14 heavy (non-hydrogen) atoms. The lowest BCUT2D eigenvalue weighted by Crippen LogP contribution is -2.46. The highest BCUT2D eigenvalue weighted by molar-refractivity contribution is 6.11. The van der Waals surface area contributed by atoms with E-state index in [1.807, 2.05) is 6.07 Å². The highest BCUT2D eigenvalue weighted by atomic mass is 16.6. The van der Waals surface area contributed by atoms with Crippen molar-refractivity contribution in [2.24, 2.45) is 0 Å². The molecule has 0 aromatic heterocycles. The summed E-state index contributed by atoms with van der Waals surface area (Å²) in [5.41, 5.74) is -1.32. The zero-order chi connectivity index (χ0) is 10.8. The number of hydrogen-bond donors (Lipinski definition) is 1. The molecule has 0 saturated carbocycles. The lowest BCUT2D eigenvalue weighted by Gasteiger charge is -2.26.